The van der Waals surface area contributed by atoms with Gasteiger partial charge in [-0.05, 0) is 61.4 Å². The van der Waals surface area contributed by atoms with Gasteiger partial charge in [-0.3, -0.25) is 0 Å². The van der Waals surface area contributed by atoms with Gasteiger partial charge in [0.25, 0.3) is 0 Å². The van der Waals surface area contributed by atoms with E-state index in [1.807, 2.05) is 0 Å². The van der Waals surface area contributed by atoms with Crippen molar-refractivity contribution in [3.05, 3.63) is 59.7 Å². The number of carbonyl (C=O) groups is 2. The Hall–Kier alpha value is -2.89. The van der Waals surface area contributed by atoms with E-state index in [1.54, 1.807) is 24.3 Å². The standard InChI is InChI=1S/C30H41FO5/c1-3-5-7-9-10-12-22-34-27-18-14-25(15-19-27)30(33)36-28-20-16-24(17-21-28)29(32)35-23-26(31)13-11-8-6-4-2/h14-21,26H,3-13,22-23H2,1-2H3. The zero-order valence-electron chi connectivity index (χ0n) is 21.8. The molecule has 0 aromatic heterocycles. The maximum Gasteiger partial charge on any atom is 0.343 e. The van der Waals surface area contributed by atoms with E-state index in [-0.39, 0.29) is 12.2 Å². The Morgan fingerprint density at radius 1 is 0.694 bits per heavy atom. The number of hydrogen-bond donors (Lipinski definition) is 0. The first kappa shape index (κ1) is 29.3. The molecule has 0 spiro atoms. The van der Waals surface area contributed by atoms with Crippen molar-refractivity contribution in [2.75, 3.05) is 13.2 Å². The molecule has 0 saturated carbocycles. The first-order chi connectivity index (χ1) is 17.5. The first-order valence-electron chi connectivity index (χ1n) is 13.4. The molecule has 0 amide bonds. The Morgan fingerprint density at radius 3 is 1.86 bits per heavy atom. The zero-order valence-corrected chi connectivity index (χ0v) is 21.8. The van der Waals surface area contributed by atoms with E-state index in [0.717, 1.165) is 44.3 Å². The van der Waals surface area contributed by atoms with Crippen LogP contribution in [0.15, 0.2) is 48.5 Å². The first-order valence-corrected chi connectivity index (χ1v) is 13.4. The van der Waals surface area contributed by atoms with Crippen LogP contribution >= 0.6 is 0 Å². The van der Waals surface area contributed by atoms with Crippen LogP contribution in [0.25, 0.3) is 0 Å². The van der Waals surface area contributed by atoms with E-state index in [4.69, 9.17) is 14.2 Å². The van der Waals surface area contributed by atoms with Crippen molar-refractivity contribution in [2.45, 2.75) is 90.6 Å². The van der Waals surface area contributed by atoms with E-state index in [9.17, 15) is 14.0 Å². The average molecular weight is 501 g/mol. The fourth-order valence-electron chi connectivity index (χ4n) is 3.71. The third-order valence-electron chi connectivity index (χ3n) is 5.92. The maximum absolute atomic E-state index is 13.9. The lowest BCUT2D eigenvalue weighted by Gasteiger charge is -2.10. The predicted molar refractivity (Wildman–Crippen MR) is 141 cm³/mol. The third-order valence-corrected chi connectivity index (χ3v) is 5.92. The molecule has 0 N–H and O–H groups in total. The minimum atomic E-state index is -1.15. The summed E-state index contributed by atoms with van der Waals surface area (Å²) >= 11 is 0. The smallest absolute Gasteiger partial charge is 0.343 e. The van der Waals surface area contributed by atoms with E-state index < -0.39 is 18.1 Å². The molecule has 2 aromatic rings. The summed E-state index contributed by atoms with van der Waals surface area (Å²) in [5.41, 5.74) is 0.679. The van der Waals surface area contributed by atoms with Gasteiger partial charge in [0.05, 0.1) is 17.7 Å². The summed E-state index contributed by atoms with van der Waals surface area (Å²) in [6.07, 6.45) is 10.4. The van der Waals surface area contributed by atoms with E-state index in [1.165, 1.54) is 49.9 Å². The Kier molecular flexibility index (Phi) is 14.3. The van der Waals surface area contributed by atoms with Crippen molar-refractivity contribution < 1.29 is 28.2 Å². The molecule has 0 aliphatic rings. The Bertz CT molecular complexity index is 879. The Morgan fingerprint density at radius 2 is 1.22 bits per heavy atom. The number of rotatable bonds is 18. The number of ether oxygens (including phenoxy) is 3. The molecule has 198 valence electrons. The van der Waals surface area contributed by atoms with Crippen LogP contribution in [-0.4, -0.2) is 31.3 Å². The van der Waals surface area contributed by atoms with Crippen molar-refractivity contribution in [1.29, 1.82) is 0 Å². The zero-order chi connectivity index (χ0) is 26.0. The quantitative estimate of drug-likeness (QED) is 0.117. The van der Waals surface area contributed by atoms with Crippen molar-refractivity contribution in [2.24, 2.45) is 0 Å². The van der Waals surface area contributed by atoms with Crippen molar-refractivity contribution in [3.63, 3.8) is 0 Å². The van der Waals surface area contributed by atoms with Crippen LogP contribution in [0.2, 0.25) is 0 Å². The number of benzene rings is 2. The molecule has 0 heterocycles. The lowest BCUT2D eigenvalue weighted by Crippen LogP contribution is -2.15. The van der Waals surface area contributed by atoms with Gasteiger partial charge in [0.1, 0.15) is 24.3 Å². The molecule has 0 aliphatic carbocycles. The molecular formula is C30H41FO5. The topological polar surface area (TPSA) is 61.8 Å². The molecule has 0 aliphatic heterocycles. The van der Waals surface area contributed by atoms with Gasteiger partial charge >= 0.3 is 11.9 Å². The van der Waals surface area contributed by atoms with Gasteiger partial charge in [0.15, 0.2) is 0 Å². The van der Waals surface area contributed by atoms with E-state index >= 15 is 0 Å². The molecule has 0 bridgehead atoms. The molecule has 0 radical (unpaired) electrons. The lowest BCUT2D eigenvalue weighted by molar-refractivity contribution is 0.0389. The van der Waals surface area contributed by atoms with Gasteiger partial charge < -0.3 is 14.2 Å². The lowest BCUT2D eigenvalue weighted by atomic mass is 10.1. The number of carbonyl (C=O) groups excluding carboxylic acids is 2. The van der Waals surface area contributed by atoms with E-state index in [2.05, 4.69) is 13.8 Å². The summed E-state index contributed by atoms with van der Waals surface area (Å²) in [4.78, 5) is 24.6. The van der Waals surface area contributed by atoms with Crippen LogP contribution in [0.5, 0.6) is 11.5 Å². The van der Waals surface area contributed by atoms with Crippen LogP contribution in [0.1, 0.15) is 105 Å². The molecule has 1 atom stereocenters. The maximum atomic E-state index is 13.9. The van der Waals surface area contributed by atoms with Gasteiger partial charge in [-0.15, -0.1) is 0 Å². The van der Waals surface area contributed by atoms with Gasteiger partial charge in [0, 0.05) is 0 Å². The summed E-state index contributed by atoms with van der Waals surface area (Å²) < 4.78 is 30.1. The van der Waals surface area contributed by atoms with Crippen LogP contribution in [0.3, 0.4) is 0 Å². The average Bonchev–Trinajstić information content (AvgIpc) is 2.90. The summed E-state index contributed by atoms with van der Waals surface area (Å²) in [5, 5.41) is 0. The highest BCUT2D eigenvalue weighted by atomic mass is 19.1. The normalized spacial score (nSPS) is 11.6. The number of hydrogen-bond acceptors (Lipinski definition) is 5. The fraction of sp³-hybridized carbons (Fsp3) is 0.533. The second kappa shape index (κ2) is 17.5. The molecule has 0 fully saturated rings. The highest BCUT2D eigenvalue weighted by molar-refractivity contribution is 5.92. The second-order valence-corrected chi connectivity index (χ2v) is 9.10. The summed E-state index contributed by atoms with van der Waals surface area (Å²) in [6.45, 7) is 4.72. The van der Waals surface area contributed by atoms with Crippen LogP contribution in [0, 0.1) is 0 Å². The highest BCUT2D eigenvalue weighted by Crippen LogP contribution is 2.18. The van der Waals surface area contributed by atoms with Crippen LogP contribution in [0.4, 0.5) is 4.39 Å². The number of halogens is 1. The molecule has 1 unspecified atom stereocenters. The van der Waals surface area contributed by atoms with Gasteiger partial charge in [-0.2, -0.15) is 0 Å². The van der Waals surface area contributed by atoms with Crippen LogP contribution < -0.4 is 9.47 Å². The number of esters is 2. The highest BCUT2D eigenvalue weighted by Gasteiger charge is 2.14. The summed E-state index contributed by atoms with van der Waals surface area (Å²) in [6, 6.07) is 12.9. The van der Waals surface area contributed by atoms with E-state index in [0.29, 0.717) is 24.3 Å². The molecule has 0 saturated heterocycles. The summed E-state index contributed by atoms with van der Waals surface area (Å²) in [5.74, 6) is -0.0736. The summed E-state index contributed by atoms with van der Waals surface area (Å²) in [7, 11) is 0. The SMILES string of the molecule is CCCCCCCCOc1ccc(C(=O)Oc2ccc(C(=O)OCC(F)CCCCCC)cc2)cc1. The molecule has 6 heteroatoms. The van der Waals surface area contributed by atoms with Crippen molar-refractivity contribution in [3.8, 4) is 11.5 Å². The Labute approximate surface area is 215 Å². The molecule has 5 nitrogen and oxygen atoms in total. The minimum Gasteiger partial charge on any atom is -0.494 e. The monoisotopic (exact) mass is 500 g/mol. The van der Waals surface area contributed by atoms with Crippen molar-refractivity contribution >= 4 is 11.9 Å². The Balaban J connectivity index is 1.72. The van der Waals surface area contributed by atoms with Gasteiger partial charge in [-0.25, -0.2) is 14.0 Å². The predicted octanol–water partition coefficient (Wildman–Crippen LogP) is 8.11. The van der Waals surface area contributed by atoms with Gasteiger partial charge in [0.2, 0.25) is 0 Å². The molecule has 2 aromatic carbocycles. The number of alkyl halides is 1. The molecule has 2 rings (SSSR count). The second-order valence-electron chi connectivity index (χ2n) is 9.10. The van der Waals surface area contributed by atoms with Crippen LogP contribution in [-0.2, 0) is 4.74 Å². The largest absolute Gasteiger partial charge is 0.494 e. The third kappa shape index (κ3) is 11.7. The fourth-order valence-corrected chi connectivity index (χ4v) is 3.71. The van der Waals surface area contributed by atoms with Crippen molar-refractivity contribution in [1.82, 2.24) is 0 Å². The van der Waals surface area contributed by atoms with Gasteiger partial charge in [-0.1, -0.05) is 71.6 Å². The molecular weight excluding hydrogens is 459 g/mol. The minimum absolute atomic E-state index is 0.250. The number of unbranched alkanes of at least 4 members (excludes halogenated alkanes) is 8. The molecule has 36 heavy (non-hydrogen) atoms.